The summed E-state index contributed by atoms with van der Waals surface area (Å²) in [6.45, 7) is 0. The third kappa shape index (κ3) is 12.2. The minimum absolute atomic E-state index is 0.0403. The lowest BCUT2D eigenvalue weighted by atomic mass is 9.94. The van der Waals surface area contributed by atoms with E-state index in [2.05, 4.69) is 24.1 Å². The Labute approximate surface area is 261 Å². The van der Waals surface area contributed by atoms with E-state index in [4.69, 9.17) is 28.5 Å². The monoisotopic (exact) mass is 677 g/mol. The van der Waals surface area contributed by atoms with E-state index in [0.29, 0.717) is 28.5 Å². The van der Waals surface area contributed by atoms with Gasteiger partial charge in [0.15, 0.2) is 0 Å². The van der Waals surface area contributed by atoms with Crippen molar-refractivity contribution >= 4 is 72.5 Å². The van der Waals surface area contributed by atoms with Gasteiger partial charge in [-0.05, 0) is 60.4 Å². The Morgan fingerprint density at radius 3 is 1.80 bits per heavy atom. The van der Waals surface area contributed by atoms with Crippen molar-refractivity contribution in [3.8, 4) is 11.8 Å². The molecule has 0 saturated heterocycles. The molecule has 0 aliphatic rings. The highest BCUT2D eigenvalue weighted by molar-refractivity contribution is 7.88. The van der Waals surface area contributed by atoms with Crippen molar-refractivity contribution in [2.75, 3.05) is 14.2 Å². The normalized spacial score (nSPS) is 12.2. The summed E-state index contributed by atoms with van der Waals surface area (Å²) in [7, 11) is -1.46. The van der Waals surface area contributed by atoms with Crippen LogP contribution in [0.4, 0.5) is 13.2 Å². The summed E-state index contributed by atoms with van der Waals surface area (Å²) in [4.78, 5) is 43.9. The first-order chi connectivity index (χ1) is 20.6. The maximum Gasteiger partial charge on any atom is 0.534 e. The van der Waals surface area contributed by atoms with E-state index >= 15 is 0 Å². The zero-order valence-electron chi connectivity index (χ0n) is 22.8. The highest BCUT2D eigenvalue weighted by Gasteiger charge is 2.48. The number of nitriles is 1. The smallest absolute Gasteiger partial charge is 0.468 e. The number of methoxy groups -OCH3 is 2. The largest absolute Gasteiger partial charge is 0.534 e. The molecule has 20 heteroatoms. The molecular weight excluding hydrogens is 656 g/mol. The average Bonchev–Trinajstić information content (AvgIpc) is 2.98. The van der Waals surface area contributed by atoms with Crippen molar-refractivity contribution in [2.24, 2.45) is 0 Å². The number of esters is 2. The summed E-state index contributed by atoms with van der Waals surface area (Å²) in [5, 5.41) is 14.4. The standard InChI is InChI=1S/C12H11BClF3NO6S.C12H11BClN2O3/c1-23-11(20)10(18-13-6-19)5-7-4-8(2-3-9(7)14)24-25(21,22)12(15,16)17;1-19-12(18)11(16-13-7-17)5-9-4-8(6-15)2-3-10(9)14/h2-4,6,10,18H,5H2,1H3;2-4,7,11,16H,5H2,1H3/t10-;11-/m00/s1. The highest BCUT2D eigenvalue weighted by atomic mass is 35.5. The van der Waals surface area contributed by atoms with Gasteiger partial charge in [-0.2, -0.15) is 26.9 Å². The van der Waals surface area contributed by atoms with Gasteiger partial charge in [-0.15, -0.1) is 0 Å². The molecule has 2 N–H and O–H groups in total. The number of alkyl halides is 3. The van der Waals surface area contributed by atoms with Crippen LogP contribution in [-0.2, 0) is 51.6 Å². The lowest BCUT2D eigenvalue weighted by Crippen LogP contribution is -2.42. The van der Waals surface area contributed by atoms with Crippen LogP contribution in [0.1, 0.15) is 16.7 Å². The van der Waals surface area contributed by atoms with Crippen molar-refractivity contribution in [1.82, 2.24) is 10.5 Å². The van der Waals surface area contributed by atoms with Gasteiger partial charge in [0.05, 0.1) is 38.2 Å². The number of nitrogens with one attached hydrogen (secondary N) is 2. The van der Waals surface area contributed by atoms with Crippen molar-refractivity contribution in [3.05, 3.63) is 63.1 Å². The fourth-order valence-corrected chi connectivity index (χ4v) is 4.03. The minimum Gasteiger partial charge on any atom is -0.468 e. The number of carbonyl (C=O) groups is 4. The molecule has 0 aromatic heterocycles. The fourth-order valence-electron chi connectivity index (χ4n) is 3.19. The number of hydrogen-bond acceptors (Lipinski definition) is 12. The molecule has 0 fully saturated rings. The number of hydrogen-bond donors (Lipinski definition) is 2. The van der Waals surface area contributed by atoms with Crippen molar-refractivity contribution in [2.45, 2.75) is 30.4 Å². The average molecular weight is 678 g/mol. The second-order valence-corrected chi connectivity index (χ2v) is 10.5. The highest BCUT2D eigenvalue weighted by Crippen LogP contribution is 2.29. The molecule has 12 nitrogen and oxygen atoms in total. The summed E-state index contributed by atoms with van der Waals surface area (Å²) in [6, 6.07) is 7.92. The summed E-state index contributed by atoms with van der Waals surface area (Å²) < 4.78 is 72.3. The maximum atomic E-state index is 12.4. The number of benzene rings is 2. The van der Waals surface area contributed by atoms with Gasteiger partial charge in [-0.25, -0.2) is 0 Å². The Morgan fingerprint density at radius 1 is 0.932 bits per heavy atom. The van der Waals surface area contributed by atoms with Crippen LogP contribution in [0.2, 0.25) is 10.0 Å². The molecule has 0 unspecified atom stereocenters. The molecule has 2 atom stereocenters. The van der Waals surface area contributed by atoms with E-state index < -0.39 is 45.4 Å². The number of halogens is 5. The summed E-state index contributed by atoms with van der Waals surface area (Å²) in [6.07, 6.45) is 0.903. The van der Waals surface area contributed by atoms with Gasteiger partial charge in [0.2, 0.25) is 0 Å². The van der Waals surface area contributed by atoms with Gasteiger partial charge in [0.25, 0.3) is 14.8 Å². The van der Waals surface area contributed by atoms with Crippen molar-refractivity contribution in [1.29, 1.82) is 5.26 Å². The Morgan fingerprint density at radius 2 is 1.39 bits per heavy atom. The zero-order valence-corrected chi connectivity index (χ0v) is 25.1. The molecule has 2 aromatic carbocycles. The topological polar surface area (TPSA) is 178 Å². The molecule has 0 spiro atoms. The van der Waals surface area contributed by atoms with Gasteiger partial charge < -0.3 is 33.7 Å². The molecule has 2 radical (unpaired) electrons. The number of carbonyl (C=O) groups excluding carboxylic acids is 4. The Bertz CT molecular complexity index is 1480. The Kier molecular flexibility index (Phi) is 15.9. The van der Waals surface area contributed by atoms with Crippen LogP contribution in [0.15, 0.2) is 36.4 Å². The SMILES string of the molecule is COC(=O)[C@H](Cc1cc(C#N)ccc1Cl)N[B]C=O.COC(=O)[C@H](Cc1cc(OS(=O)(=O)C(F)(F)F)ccc1Cl)N[B]C=O. The predicted octanol–water partition coefficient (Wildman–Crippen LogP) is 1.75. The second-order valence-electron chi connectivity index (χ2n) is 8.15. The van der Waals surface area contributed by atoms with E-state index in [-0.39, 0.29) is 23.4 Å². The molecule has 0 saturated carbocycles. The van der Waals surface area contributed by atoms with E-state index in [1.54, 1.807) is 18.2 Å². The number of ether oxygens (including phenoxy) is 2. The third-order valence-electron chi connectivity index (χ3n) is 5.23. The third-order valence-corrected chi connectivity index (χ3v) is 6.95. The molecule has 2 aromatic rings. The predicted molar refractivity (Wildman–Crippen MR) is 154 cm³/mol. The van der Waals surface area contributed by atoms with E-state index in [0.717, 1.165) is 40.1 Å². The van der Waals surface area contributed by atoms with Gasteiger partial charge in [0, 0.05) is 10.0 Å². The molecule has 0 amide bonds. The van der Waals surface area contributed by atoms with Crippen LogP contribution in [0.25, 0.3) is 0 Å². The molecule has 44 heavy (non-hydrogen) atoms. The summed E-state index contributed by atoms with van der Waals surface area (Å²) >= 11 is 11.9. The summed E-state index contributed by atoms with van der Waals surface area (Å²) in [5.74, 6) is -1.93. The van der Waals surface area contributed by atoms with Crippen molar-refractivity contribution < 1.29 is 54.4 Å². The zero-order chi connectivity index (χ0) is 33.5. The fraction of sp³-hybridized carbons (Fsp3) is 0.292. The molecular formula is C24H22B2Cl2F3N3O9S. The van der Waals surface area contributed by atoms with Gasteiger partial charge >= 0.3 is 27.6 Å². The van der Waals surface area contributed by atoms with Crippen LogP contribution in [-0.4, -0.2) is 79.4 Å². The first-order valence-corrected chi connectivity index (χ1v) is 14.0. The lowest BCUT2D eigenvalue weighted by molar-refractivity contribution is -0.143. The van der Waals surface area contributed by atoms with Crippen molar-refractivity contribution in [3.63, 3.8) is 0 Å². The van der Waals surface area contributed by atoms with E-state index in [9.17, 15) is 40.8 Å². The molecule has 2 rings (SSSR count). The molecule has 0 aliphatic carbocycles. The molecule has 0 aliphatic heterocycles. The van der Waals surface area contributed by atoms with Gasteiger partial charge in [-0.3, -0.25) is 9.59 Å². The molecule has 0 bridgehead atoms. The Balaban J connectivity index is 0.000000457. The Hall–Kier alpha value is -3.62. The first kappa shape index (κ1) is 38.4. The van der Waals surface area contributed by atoms with Crippen LogP contribution >= 0.6 is 23.2 Å². The van der Waals surface area contributed by atoms with Crippen LogP contribution in [0, 0.1) is 11.3 Å². The van der Waals surface area contributed by atoms with Crippen LogP contribution in [0.5, 0.6) is 5.75 Å². The van der Waals surface area contributed by atoms with Crippen LogP contribution < -0.4 is 14.6 Å². The summed E-state index contributed by atoms with van der Waals surface area (Å²) in [5.41, 5.74) is -4.43. The van der Waals surface area contributed by atoms with E-state index in [1.807, 2.05) is 6.07 Å². The van der Waals surface area contributed by atoms with E-state index in [1.165, 1.54) is 7.11 Å². The van der Waals surface area contributed by atoms with Gasteiger partial charge in [-0.1, -0.05) is 23.2 Å². The number of nitrogens with zero attached hydrogens (tertiary/aromatic N) is 1. The molecule has 0 heterocycles. The second kappa shape index (κ2) is 18.2. The quantitative estimate of drug-likeness (QED) is 0.0975. The van der Waals surface area contributed by atoms with Crippen LogP contribution in [0.3, 0.4) is 0 Å². The van der Waals surface area contributed by atoms with Gasteiger partial charge in [0.1, 0.15) is 17.8 Å². The number of rotatable bonds is 14. The maximum absolute atomic E-state index is 12.4. The minimum atomic E-state index is -5.85. The first-order valence-electron chi connectivity index (χ1n) is 11.8. The molecule has 234 valence electrons. The lowest BCUT2D eigenvalue weighted by Gasteiger charge is -2.16.